The number of benzene rings is 1. The van der Waals surface area contributed by atoms with Crippen LogP contribution in [-0.4, -0.2) is 58.3 Å². The van der Waals surface area contributed by atoms with Crippen molar-refractivity contribution in [3.63, 3.8) is 0 Å². The van der Waals surface area contributed by atoms with Gasteiger partial charge in [0.1, 0.15) is 17.5 Å². The fraction of sp³-hybridized carbons (Fsp3) is 0.429. The highest BCUT2D eigenvalue weighted by Gasteiger charge is 2.34. The van der Waals surface area contributed by atoms with Gasteiger partial charge >= 0.3 is 0 Å². The van der Waals surface area contributed by atoms with E-state index < -0.39 is 0 Å². The average molecular weight is 381 g/mol. The second-order valence-corrected chi connectivity index (χ2v) is 7.91. The van der Waals surface area contributed by atoms with Gasteiger partial charge in [-0.05, 0) is 43.2 Å². The molecule has 2 bridgehead atoms. The van der Waals surface area contributed by atoms with Crippen LogP contribution in [0.2, 0.25) is 0 Å². The lowest BCUT2D eigenvalue weighted by Crippen LogP contribution is -2.45. The summed E-state index contributed by atoms with van der Waals surface area (Å²) in [6, 6.07) is 4.82. The number of hydrogen-bond donors (Lipinski definition) is 3. The Hall–Kier alpha value is -2.67. The molecule has 3 aliphatic rings. The highest BCUT2D eigenvalue weighted by molar-refractivity contribution is 5.99. The topological polar surface area (TPSA) is 79.2 Å². The Balaban J connectivity index is 1.27. The summed E-state index contributed by atoms with van der Waals surface area (Å²) < 4.78 is 19.3. The minimum absolute atomic E-state index is 0.242. The van der Waals surface area contributed by atoms with Crippen molar-refractivity contribution >= 4 is 22.6 Å². The lowest BCUT2D eigenvalue weighted by atomic mass is 10.0. The summed E-state index contributed by atoms with van der Waals surface area (Å²) >= 11 is 0. The molecule has 0 aliphatic carbocycles. The number of amidine groups is 2. The van der Waals surface area contributed by atoms with Gasteiger partial charge in [0.25, 0.3) is 0 Å². The molecule has 4 heterocycles. The second-order valence-electron chi connectivity index (χ2n) is 7.91. The van der Waals surface area contributed by atoms with E-state index in [2.05, 4.69) is 9.88 Å². The van der Waals surface area contributed by atoms with E-state index in [-0.39, 0.29) is 18.0 Å². The molecule has 3 N–H and O–H groups in total. The number of H-pyrrole nitrogens is 1. The molecule has 1 aromatic heterocycles. The number of nitrogens with zero attached hydrogens (tertiary/aromatic N) is 2. The number of halogens is 1. The van der Waals surface area contributed by atoms with Crippen molar-refractivity contribution in [2.45, 2.75) is 38.0 Å². The van der Waals surface area contributed by atoms with Crippen molar-refractivity contribution in [2.75, 3.05) is 19.6 Å². The quantitative estimate of drug-likeness (QED) is 0.553. The third kappa shape index (κ3) is 3.09. The van der Waals surface area contributed by atoms with Gasteiger partial charge in [-0.2, -0.15) is 0 Å². The summed E-state index contributed by atoms with van der Waals surface area (Å²) in [5.74, 6) is 0.613. The number of fused-ring (bicyclic) bond motifs is 5. The molecule has 6 nitrogen and oxygen atoms in total. The normalized spacial score (nSPS) is 24.2. The first-order valence-corrected chi connectivity index (χ1v) is 9.86. The standard InChI is InChI=1S/C21H24FN5O/c22-13-1-4-16-17-12-26(8-7-18(17)25-19(16)9-13)20(23)5-6-21(24)27-10-14-2-3-15(11-27)28-14/h1,4-6,9,14-15,23-25H,2-3,7-8,10-12H2/b6-5-,23-20?,24-21?. The van der Waals surface area contributed by atoms with Crippen LogP contribution in [-0.2, 0) is 17.7 Å². The van der Waals surface area contributed by atoms with Gasteiger partial charge in [-0.1, -0.05) is 0 Å². The maximum atomic E-state index is 13.5. The van der Waals surface area contributed by atoms with Crippen LogP contribution in [0.15, 0.2) is 30.4 Å². The molecule has 146 valence electrons. The van der Waals surface area contributed by atoms with Crippen molar-refractivity contribution in [3.8, 4) is 0 Å². The summed E-state index contributed by atoms with van der Waals surface area (Å²) in [5, 5.41) is 17.8. The number of likely N-dealkylation sites (tertiary alicyclic amines) is 1. The van der Waals surface area contributed by atoms with Crippen LogP contribution in [0.5, 0.6) is 0 Å². The molecule has 7 heteroatoms. The van der Waals surface area contributed by atoms with Crippen molar-refractivity contribution in [2.24, 2.45) is 0 Å². The number of morpholine rings is 1. The van der Waals surface area contributed by atoms with Gasteiger partial charge in [0.2, 0.25) is 0 Å². The highest BCUT2D eigenvalue weighted by atomic mass is 19.1. The number of aromatic amines is 1. The van der Waals surface area contributed by atoms with E-state index >= 15 is 0 Å². The number of aromatic nitrogens is 1. The van der Waals surface area contributed by atoms with Crippen LogP contribution in [0.4, 0.5) is 4.39 Å². The van der Waals surface area contributed by atoms with Gasteiger partial charge in [-0.3, -0.25) is 10.8 Å². The third-order valence-electron chi connectivity index (χ3n) is 6.06. The van der Waals surface area contributed by atoms with Gasteiger partial charge in [-0.25, -0.2) is 4.39 Å². The third-order valence-corrected chi connectivity index (χ3v) is 6.06. The molecule has 2 atom stereocenters. The van der Waals surface area contributed by atoms with Crippen LogP contribution < -0.4 is 0 Å². The first kappa shape index (κ1) is 17.4. The van der Waals surface area contributed by atoms with Gasteiger partial charge < -0.3 is 19.5 Å². The Morgan fingerprint density at radius 2 is 1.82 bits per heavy atom. The first-order valence-electron chi connectivity index (χ1n) is 9.86. The maximum absolute atomic E-state index is 13.5. The molecule has 1 aromatic carbocycles. The minimum Gasteiger partial charge on any atom is -0.371 e. The molecule has 0 radical (unpaired) electrons. The molecular weight excluding hydrogens is 357 g/mol. The summed E-state index contributed by atoms with van der Waals surface area (Å²) in [4.78, 5) is 7.38. The molecule has 2 saturated heterocycles. The van der Waals surface area contributed by atoms with E-state index in [1.165, 1.54) is 12.1 Å². The SMILES string of the molecule is N=C(/C=C\C(=N)N1CC2CCC(C1)O2)N1CCc2[nH]c3cc(F)ccc3c2C1. The van der Waals surface area contributed by atoms with Gasteiger partial charge in [0.05, 0.1) is 12.2 Å². The smallest absolute Gasteiger partial charge is 0.125 e. The number of rotatable bonds is 2. The van der Waals surface area contributed by atoms with Crippen LogP contribution in [0.3, 0.4) is 0 Å². The zero-order chi connectivity index (χ0) is 19.3. The second kappa shape index (κ2) is 6.74. The van der Waals surface area contributed by atoms with E-state index in [9.17, 15) is 4.39 Å². The summed E-state index contributed by atoms with van der Waals surface area (Å²) in [5.41, 5.74) is 3.09. The largest absolute Gasteiger partial charge is 0.371 e. The molecule has 0 saturated carbocycles. The Morgan fingerprint density at radius 3 is 2.57 bits per heavy atom. The molecular formula is C21H24FN5O. The molecule has 0 amide bonds. The van der Waals surface area contributed by atoms with E-state index in [4.69, 9.17) is 15.6 Å². The van der Waals surface area contributed by atoms with Crippen molar-refractivity contribution < 1.29 is 9.13 Å². The lowest BCUT2D eigenvalue weighted by molar-refractivity contribution is -0.0156. The average Bonchev–Trinajstić information content (AvgIpc) is 3.23. The van der Waals surface area contributed by atoms with Gasteiger partial charge in [0, 0.05) is 54.8 Å². The van der Waals surface area contributed by atoms with Crippen LogP contribution in [0, 0.1) is 16.6 Å². The molecule has 2 fully saturated rings. The lowest BCUT2D eigenvalue weighted by Gasteiger charge is -2.33. The number of hydrogen-bond acceptors (Lipinski definition) is 3. The molecule has 5 rings (SSSR count). The minimum atomic E-state index is -0.242. The number of ether oxygens (including phenoxy) is 1. The Bertz CT molecular complexity index is 969. The van der Waals surface area contributed by atoms with E-state index in [1.54, 1.807) is 12.2 Å². The summed E-state index contributed by atoms with van der Waals surface area (Å²) in [7, 11) is 0. The molecule has 0 spiro atoms. The Kier molecular flexibility index (Phi) is 4.19. The van der Waals surface area contributed by atoms with Crippen molar-refractivity contribution in [3.05, 3.63) is 47.4 Å². The molecule has 28 heavy (non-hydrogen) atoms. The van der Waals surface area contributed by atoms with E-state index in [0.717, 1.165) is 61.1 Å². The predicted molar refractivity (Wildman–Crippen MR) is 106 cm³/mol. The maximum Gasteiger partial charge on any atom is 0.125 e. The Labute approximate surface area is 163 Å². The molecule has 3 aliphatic heterocycles. The van der Waals surface area contributed by atoms with Gasteiger partial charge in [-0.15, -0.1) is 0 Å². The zero-order valence-corrected chi connectivity index (χ0v) is 15.7. The Morgan fingerprint density at radius 1 is 1.11 bits per heavy atom. The molecule has 2 aromatic rings. The first-order chi connectivity index (χ1) is 13.6. The van der Waals surface area contributed by atoms with E-state index in [0.29, 0.717) is 18.2 Å². The van der Waals surface area contributed by atoms with Crippen LogP contribution in [0.1, 0.15) is 24.1 Å². The van der Waals surface area contributed by atoms with Crippen molar-refractivity contribution in [1.82, 2.24) is 14.8 Å². The predicted octanol–water partition coefficient (Wildman–Crippen LogP) is 3.04. The van der Waals surface area contributed by atoms with Crippen LogP contribution >= 0.6 is 0 Å². The van der Waals surface area contributed by atoms with Crippen molar-refractivity contribution in [1.29, 1.82) is 10.8 Å². The summed E-state index contributed by atoms with van der Waals surface area (Å²) in [6.45, 7) is 2.90. The highest BCUT2D eigenvalue weighted by Crippen LogP contribution is 2.29. The van der Waals surface area contributed by atoms with Gasteiger partial charge in [0.15, 0.2) is 0 Å². The summed E-state index contributed by atoms with van der Waals surface area (Å²) in [6.07, 6.45) is 6.91. The monoisotopic (exact) mass is 381 g/mol. The fourth-order valence-electron chi connectivity index (χ4n) is 4.58. The number of nitrogens with one attached hydrogen (secondary N) is 3. The van der Waals surface area contributed by atoms with E-state index in [1.807, 2.05) is 11.0 Å². The fourth-order valence-corrected chi connectivity index (χ4v) is 4.58. The molecule has 2 unspecified atom stereocenters. The van der Waals surface area contributed by atoms with Crippen LogP contribution in [0.25, 0.3) is 10.9 Å². The zero-order valence-electron chi connectivity index (χ0n) is 15.7.